The van der Waals surface area contributed by atoms with Gasteiger partial charge >= 0.3 is 0 Å². The molecule has 2 atom stereocenters. The van der Waals surface area contributed by atoms with E-state index in [1.54, 1.807) is 0 Å². The molecule has 2 unspecified atom stereocenters. The Balaban J connectivity index is 1.92. The maximum absolute atomic E-state index is 12.2. The molecule has 0 saturated heterocycles. The fourth-order valence-corrected chi connectivity index (χ4v) is 3.23. The summed E-state index contributed by atoms with van der Waals surface area (Å²) >= 11 is 3.45. The van der Waals surface area contributed by atoms with Crippen LogP contribution in [0.2, 0.25) is 0 Å². The predicted octanol–water partition coefficient (Wildman–Crippen LogP) is 3.29. The summed E-state index contributed by atoms with van der Waals surface area (Å²) in [5.74, 6) is 0.716. The zero-order valence-corrected chi connectivity index (χ0v) is 13.4. The van der Waals surface area contributed by atoms with Gasteiger partial charge in [-0.3, -0.25) is 4.79 Å². The van der Waals surface area contributed by atoms with E-state index in [2.05, 4.69) is 21.2 Å². The van der Waals surface area contributed by atoms with Crippen LogP contribution in [-0.4, -0.2) is 24.2 Å². The number of aryl methyl sites for hydroxylation is 1. The summed E-state index contributed by atoms with van der Waals surface area (Å²) in [7, 11) is 0. The average molecular weight is 340 g/mol. The van der Waals surface area contributed by atoms with Crippen molar-refractivity contribution in [1.29, 1.82) is 0 Å². The third-order valence-electron chi connectivity index (χ3n) is 4.26. The molecule has 0 bridgehead atoms. The number of amides is 1. The first-order valence-electron chi connectivity index (χ1n) is 7.27. The second-order valence-corrected chi connectivity index (χ2v) is 6.52. The van der Waals surface area contributed by atoms with Gasteiger partial charge in [-0.25, -0.2) is 0 Å². The Bertz CT molecular complexity index is 476. The molecule has 1 aromatic rings. The number of carbonyl (C=O) groups is 1. The van der Waals surface area contributed by atoms with E-state index in [-0.39, 0.29) is 12.5 Å². The molecular weight excluding hydrogens is 318 g/mol. The number of carbonyl (C=O) groups excluding carboxylic acids is 1. The Hall–Kier alpha value is -0.870. The van der Waals surface area contributed by atoms with Crippen LogP contribution >= 0.6 is 15.9 Å². The molecule has 0 aromatic heterocycles. The van der Waals surface area contributed by atoms with Crippen LogP contribution in [0.15, 0.2) is 22.7 Å². The fraction of sp³-hybridized carbons (Fsp3) is 0.562. The number of nitrogens with one attached hydrogen (secondary N) is 1. The summed E-state index contributed by atoms with van der Waals surface area (Å²) in [4.78, 5) is 12.2. The molecule has 3 nitrogen and oxygen atoms in total. The van der Waals surface area contributed by atoms with Gasteiger partial charge in [0, 0.05) is 23.2 Å². The lowest BCUT2D eigenvalue weighted by Crippen LogP contribution is -2.35. The van der Waals surface area contributed by atoms with Crippen LogP contribution in [0.1, 0.15) is 41.6 Å². The van der Waals surface area contributed by atoms with Gasteiger partial charge in [-0.05, 0) is 49.3 Å². The summed E-state index contributed by atoms with van der Waals surface area (Å²) in [6.45, 7) is 2.89. The van der Waals surface area contributed by atoms with E-state index < -0.39 is 0 Å². The number of aliphatic hydroxyl groups is 1. The van der Waals surface area contributed by atoms with E-state index in [0.717, 1.165) is 22.9 Å². The van der Waals surface area contributed by atoms with Crippen LogP contribution in [-0.2, 0) is 0 Å². The zero-order chi connectivity index (χ0) is 14.5. The van der Waals surface area contributed by atoms with Crippen molar-refractivity contribution in [2.75, 3.05) is 13.2 Å². The smallest absolute Gasteiger partial charge is 0.251 e. The van der Waals surface area contributed by atoms with Gasteiger partial charge in [-0.1, -0.05) is 34.8 Å². The minimum atomic E-state index is -0.0343. The topological polar surface area (TPSA) is 49.3 Å². The molecule has 1 aliphatic rings. The molecule has 0 spiro atoms. The predicted molar refractivity (Wildman–Crippen MR) is 83.7 cm³/mol. The molecule has 4 heteroatoms. The molecule has 110 valence electrons. The summed E-state index contributed by atoms with van der Waals surface area (Å²) in [6, 6.07) is 5.64. The monoisotopic (exact) mass is 339 g/mol. The van der Waals surface area contributed by atoms with Gasteiger partial charge in [0.2, 0.25) is 0 Å². The van der Waals surface area contributed by atoms with E-state index in [0.29, 0.717) is 23.9 Å². The molecule has 1 saturated carbocycles. The second-order valence-electron chi connectivity index (χ2n) is 5.66. The van der Waals surface area contributed by atoms with Crippen LogP contribution in [0.5, 0.6) is 0 Å². The highest BCUT2D eigenvalue weighted by molar-refractivity contribution is 9.10. The number of halogens is 1. The molecule has 2 rings (SSSR count). The minimum absolute atomic E-state index is 0.0343. The molecule has 2 N–H and O–H groups in total. The molecule has 0 heterocycles. The number of benzene rings is 1. The van der Waals surface area contributed by atoms with Gasteiger partial charge in [0.05, 0.1) is 0 Å². The van der Waals surface area contributed by atoms with E-state index in [4.69, 9.17) is 0 Å². The lowest BCUT2D eigenvalue weighted by Gasteiger charge is -2.30. The molecule has 1 aliphatic carbocycles. The van der Waals surface area contributed by atoms with E-state index >= 15 is 0 Å². The molecule has 20 heavy (non-hydrogen) atoms. The summed E-state index contributed by atoms with van der Waals surface area (Å²) in [5.41, 5.74) is 1.80. The minimum Gasteiger partial charge on any atom is -0.396 e. The zero-order valence-electron chi connectivity index (χ0n) is 11.9. The van der Waals surface area contributed by atoms with Crippen LogP contribution in [0.3, 0.4) is 0 Å². The highest BCUT2D eigenvalue weighted by Crippen LogP contribution is 2.29. The lowest BCUT2D eigenvalue weighted by atomic mass is 9.79. The molecule has 0 aliphatic heterocycles. The number of rotatable bonds is 4. The maximum Gasteiger partial charge on any atom is 0.251 e. The van der Waals surface area contributed by atoms with Crippen molar-refractivity contribution >= 4 is 21.8 Å². The van der Waals surface area contributed by atoms with Gasteiger partial charge in [0.15, 0.2) is 0 Å². The molecular formula is C16H22BrNO2. The first-order chi connectivity index (χ1) is 9.61. The first-order valence-corrected chi connectivity index (χ1v) is 8.06. The van der Waals surface area contributed by atoms with Crippen LogP contribution < -0.4 is 5.32 Å². The van der Waals surface area contributed by atoms with E-state index in [1.807, 2.05) is 25.1 Å². The van der Waals surface area contributed by atoms with Crippen LogP contribution in [0, 0.1) is 18.8 Å². The lowest BCUT2D eigenvalue weighted by molar-refractivity contribution is 0.0909. The average Bonchev–Trinajstić information content (AvgIpc) is 2.47. The third kappa shape index (κ3) is 3.83. The van der Waals surface area contributed by atoms with Gasteiger partial charge in [-0.15, -0.1) is 0 Å². The van der Waals surface area contributed by atoms with Crippen LogP contribution in [0.25, 0.3) is 0 Å². The Morgan fingerprint density at radius 1 is 1.35 bits per heavy atom. The first kappa shape index (κ1) is 15.5. The van der Waals surface area contributed by atoms with Gasteiger partial charge in [-0.2, -0.15) is 0 Å². The van der Waals surface area contributed by atoms with E-state index in [1.165, 1.54) is 12.8 Å². The van der Waals surface area contributed by atoms with Gasteiger partial charge < -0.3 is 10.4 Å². The molecule has 1 fully saturated rings. The van der Waals surface area contributed by atoms with Crippen molar-refractivity contribution in [2.24, 2.45) is 11.8 Å². The standard InChI is InChI=1S/C16H22BrNO2/c1-11-6-7-12(8-15(11)17)16(20)18-9-13-4-2-3-5-14(13)10-19/h6-8,13-14,19H,2-5,9-10H2,1H3,(H,18,20). The summed E-state index contributed by atoms with van der Waals surface area (Å²) in [6.07, 6.45) is 4.57. The number of aliphatic hydroxyl groups excluding tert-OH is 1. The third-order valence-corrected chi connectivity index (χ3v) is 5.11. The quantitative estimate of drug-likeness (QED) is 0.884. The van der Waals surface area contributed by atoms with Crippen molar-refractivity contribution < 1.29 is 9.90 Å². The Morgan fingerprint density at radius 3 is 2.70 bits per heavy atom. The Kier molecular flexibility index (Phi) is 5.61. The summed E-state index contributed by atoms with van der Waals surface area (Å²) in [5, 5.41) is 12.4. The van der Waals surface area contributed by atoms with Crippen molar-refractivity contribution in [3.63, 3.8) is 0 Å². The Morgan fingerprint density at radius 2 is 2.05 bits per heavy atom. The van der Waals surface area contributed by atoms with E-state index in [9.17, 15) is 9.90 Å². The van der Waals surface area contributed by atoms with Crippen molar-refractivity contribution in [2.45, 2.75) is 32.6 Å². The Labute approximate surface area is 128 Å². The van der Waals surface area contributed by atoms with Gasteiger partial charge in [0.1, 0.15) is 0 Å². The summed E-state index contributed by atoms with van der Waals surface area (Å²) < 4.78 is 0.955. The number of hydrogen-bond donors (Lipinski definition) is 2. The highest BCUT2D eigenvalue weighted by atomic mass is 79.9. The maximum atomic E-state index is 12.2. The largest absolute Gasteiger partial charge is 0.396 e. The second kappa shape index (κ2) is 7.23. The molecule has 1 aromatic carbocycles. The SMILES string of the molecule is Cc1ccc(C(=O)NCC2CCCCC2CO)cc1Br. The van der Waals surface area contributed by atoms with Crippen molar-refractivity contribution in [3.05, 3.63) is 33.8 Å². The van der Waals surface area contributed by atoms with Crippen LogP contribution in [0.4, 0.5) is 0 Å². The molecule has 0 radical (unpaired) electrons. The highest BCUT2D eigenvalue weighted by Gasteiger charge is 2.24. The molecule has 1 amide bonds. The van der Waals surface area contributed by atoms with Crippen molar-refractivity contribution in [3.8, 4) is 0 Å². The fourth-order valence-electron chi connectivity index (χ4n) is 2.85. The normalized spacial score (nSPS) is 22.6. The number of hydrogen-bond acceptors (Lipinski definition) is 2. The van der Waals surface area contributed by atoms with Gasteiger partial charge in [0.25, 0.3) is 5.91 Å². The van der Waals surface area contributed by atoms with Crippen molar-refractivity contribution in [1.82, 2.24) is 5.32 Å².